The largest absolute Gasteiger partial charge is 0.507 e. The number of esters is 1. The molecule has 0 saturated heterocycles. The summed E-state index contributed by atoms with van der Waals surface area (Å²) in [5.41, 5.74) is 5.05. The molecule has 0 radical (unpaired) electrons. The van der Waals surface area contributed by atoms with Gasteiger partial charge in [-0.25, -0.2) is 0 Å². The Bertz CT molecular complexity index is 1170. The molecule has 0 fully saturated rings. The number of ether oxygens (including phenoxy) is 3. The van der Waals surface area contributed by atoms with E-state index in [1.165, 1.54) is 0 Å². The lowest BCUT2D eigenvalue weighted by Gasteiger charge is -2.22. The number of aliphatic hydroxyl groups is 1. The van der Waals surface area contributed by atoms with Crippen LogP contribution in [0.5, 0.6) is 11.5 Å². The van der Waals surface area contributed by atoms with Gasteiger partial charge in [0.15, 0.2) is 0 Å². The summed E-state index contributed by atoms with van der Waals surface area (Å²) < 4.78 is 15.5. The molecule has 242 valence electrons. The standard InChI is InChI=1S/C20H32O6.C14H20O3/c1-15-13-16(14-17(19(15)23)20(2,3)4)5-6-18(22)26-12-11-25-10-9-24-8-7-21;1-9-7-10(5-6-12(15)16)8-11(13(9)17)14(2,3)4/h13-14,21,23H,5-12H2,1-4H3;7-8,17H,5-6H2,1-4H3,(H,15,16). The van der Waals surface area contributed by atoms with Crippen molar-refractivity contribution in [1.82, 2.24) is 0 Å². The number of aromatic hydroxyl groups is 2. The Morgan fingerprint density at radius 3 is 1.51 bits per heavy atom. The van der Waals surface area contributed by atoms with E-state index in [2.05, 4.69) is 0 Å². The number of hydrogen-bond donors (Lipinski definition) is 4. The van der Waals surface area contributed by atoms with Crippen LogP contribution in [0.4, 0.5) is 0 Å². The fourth-order valence-corrected chi connectivity index (χ4v) is 4.31. The zero-order valence-electron chi connectivity index (χ0n) is 27.2. The maximum absolute atomic E-state index is 11.8. The topological polar surface area (TPSA) is 143 Å². The molecule has 0 spiro atoms. The number of carbonyl (C=O) groups is 2. The Balaban J connectivity index is 0.000000469. The van der Waals surface area contributed by atoms with Gasteiger partial charge in [0.1, 0.15) is 18.1 Å². The molecular weight excluding hydrogens is 552 g/mol. The van der Waals surface area contributed by atoms with E-state index in [1.54, 1.807) is 0 Å². The molecule has 2 aromatic carbocycles. The average molecular weight is 605 g/mol. The predicted molar refractivity (Wildman–Crippen MR) is 167 cm³/mol. The molecule has 2 rings (SSSR count). The predicted octanol–water partition coefficient (Wildman–Crippen LogP) is 5.51. The molecule has 9 heteroatoms. The van der Waals surface area contributed by atoms with E-state index < -0.39 is 5.97 Å². The van der Waals surface area contributed by atoms with Gasteiger partial charge in [-0.05, 0) is 70.9 Å². The molecule has 0 aliphatic heterocycles. The maximum atomic E-state index is 11.8. The normalized spacial score (nSPS) is 11.6. The minimum absolute atomic E-state index is 0.00455. The SMILES string of the molecule is Cc1cc(CCC(=O)O)cc(C(C)(C)C)c1O.Cc1cc(CCC(=O)OCCOCCOCCO)cc(C(C)(C)C)c1O. The van der Waals surface area contributed by atoms with Crippen LogP contribution in [0.15, 0.2) is 24.3 Å². The Hall–Kier alpha value is -3.14. The number of phenolic OH excluding ortho intramolecular Hbond substituents is 2. The number of benzene rings is 2. The van der Waals surface area contributed by atoms with Crippen LogP contribution >= 0.6 is 0 Å². The molecule has 0 unspecified atom stereocenters. The monoisotopic (exact) mass is 604 g/mol. The van der Waals surface area contributed by atoms with Crippen LogP contribution in [0.1, 0.15) is 87.8 Å². The van der Waals surface area contributed by atoms with Gasteiger partial charge in [0.05, 0.1) is 33.0 Å². The van der Waals surface area contributed by atoms with Gasteiger partial charge >= 0.3 is 11.9 Å². The summed E-state index contributed by atoms with van der Waals surface area (Å²) in [5.74, 6) is -0.429. The number of carboxylic acid groups (broad SMARTS) is 1. The summed E-state index contributed by atoms with van der Waals surface area (Å²) in [4.78, 5) is 22.4. The molecule has 43 heavy (non-hydrogen) atoms. The molecule has 0 atom stereocenters. The van der Waals surface area contributed by atoms with E-state index in [4.69, 9.17) is 24.4 Å². The molecule has 0 aromatic heterocycles. The van der Waals surface area contributed by atoms with Crippen LogP contribution in [-0.4, -0.2) is 72.0 Å². The summed E-state index contributed by atoms with van der Waals surface area (Å²) in [6.45, 7) is 17.6. The van der Waals surface area contributed by atoms with Gasteiger partial charge in [0, 0.05) is 12.8 Å². The number of aryl methyl sites for hydroxylation is 4. The van der Waals surface area contributed by atoms with Crippen LogP contribution in [0.3, 0.4) is 0 Å². The number of carboxylic acids is 1. The van der Waals surface area contributed by atoms with Gasteiger partial charge in [-0.3, -0.25) is 9.59 Å². The van der Waals surface area contributed by atoms with E-state index in [0.29, 0.717) is 50.8 Å². The smallest absolute Gasteiger partial charge is 0.306 e. The molecule has 0 bridgehead atoms. The zero-order valence-corrected chi connectivity index (χ0v) is 27.2. The fourth-order valence-electron chi connectivity index (χ4n) is 4.31. The van der Waals surface area contributed by atoms with E-state index in [-0.39, 0.29) is 42.9 Å². The summed E-state index contributed by atoms with van der Waals surface area (Å²) in [7, 11) is 0. The highest BCUT2D eigenvalue weighted by molar-refractivity contribution is 5.69. The number of rotatable bonds is 14. The number of carbonyl (C=O) groups excluding carboxylic acids is 1. The Labute approximate surface area is 256 Å². The molecule has 9 nitrogen and oxygen atoms in total. The highest BCUT2D eigenvalue weighted by Crippen LogP contribution is 2.35. The van der Waals surface area contributed by atoms with Crippen molar-refractivity contribution in [3.8, 4) is 11.5 Å². The average Bonchev–Trinajstić information content (AvgIpc) is 2.90. The third-order valence-electron chi connectivity index (χ3n) is 6.68. The van der Waals surface area contributed by atoms with Gasteiger partial charge in [-0.2, -0.15) is 0 Å². The minimum atomic E-state index is -0.798. The first-order chi connectivity index (χ1) is 20.0. The molecule has 0 amide bonds. The molecule has 4 N–H and O–H groups in total. The summed E-state index contributed by atoms with van der Waals surface area (Å²) in [6.07, 6.45) is 1.47. The maximum Gasteiger partial charge on any atom is 0.306 e. The first-order valence-corrected chi connectivity index (χ1v) is 14.8. The number of phenols is 2. The molecule has 2 aromatic rings. The van der Waals surface area contributed by atoms with Gasteiger partial charge in [-0.15, -0.1) is 0 Å². The van der Waals surface area contributed by atoms with Crippen molar-refractivity contribution in [1.29, 1.82) is 0 Å². The summed E-state index contributed by atoms with van der Waals surface area (Å²) in [6, 6.07) is 7.64. The van der Waals surface area contributed by atoms with E-state index >= 15 is 0 Å². The molecule has 0 saturated carbocycles. The van der Waals surface area contributed by atoms with Gasteiger partial charge < -0.3 is 34.6 Å². The second-order valence-electron chi connectivity index (χ2n) is 12.7. The van der Waals surface area contributed by atoms with Crippen LogP contribution in [0, 0.1) is 13.8 Å². The molecule has 0 aliphatic rings. The van der Waals surface area contributed by atoms with Crippen molar-refractivity contribution in [3.05, 3.63) is 57.6 Å². The number of aliphatic carboxylic acids is 1. The minimum Gasteiger partial charge on any atom is -0.507 e. The lowest BCUT2D eigenvalue weighted by atomic mass is 9.83. The van der Waals surface area contributed by atoms with E-state index in [0.717, 1.165) is 33.4 Å². The van der Waals surface area contributed by atoms with Crippen molar-refractivity contribution in [2.75, 3.05) is 39.6 Å². The van der Waals surface area contributed by atoms with Gasteiger partial charge in [-0.1, -0.05) is 65.8 Å². The van der Waals surface area contributed by atoms with Gasteiger partial charge in [0.2, 0.25) is 0 Å². The molecular formula is C34H52O9. The highest BCUT2D eigenvalue weighted by Gasteiger charge is 2.21. The molecule has 0 aliphatic carbocycles. The van der Waals surface area contributed by atoms with Crippen molar-refractivity contribution >= 4 is 11.9 Å². The van der Waals surface area contributed by atoms with Gasteiger partial charge in [0.25, 0.3) is 0 Å². The lowest BCUT2D eigenvalue weighted by Crippen LogP contribution is -2.14. The van der Waals surface area contributed by atoms with Crippen molar-refractivity contribution < 1.29 is 44.2 Å². The summed E-state index contributed by atoms with van der Waals surface area (Å²) >= 11 is 0. The summed E-state index contributed by atoms with van der Waals surface area (Å²) in [5, 5.41) is 37.5. The third kappa shape index (κ3) is 14.3. The van der Waals surface area contributed by atoms with E-state index in [1.807, 2.05) is 79.7 Å². The Kier molecular flexibility index (Phi) is 15.7. The van der Waals surface area contributed by atoms with Crippen LogP contribution in [0.25, 0.3) is 0 Å². The number of aliphatic hydroxyl groups excluding tert-OH is 1. The zero-order chi connectivity index (χ0) is 32.8. The second kappa shape index (κ2) is 17.9. The quantitative estimate of drug-likeness (QED) is 0.162. The van der Waals surface area contributed by atoms with Crippen molar-refractivity contribution in [2.45, 2.75) is 91.9 Å². The first-order valence-electron chi connectivity index (χ1n) is 14.8. The Morgan fingerprint density at radius 2 is 1.09 bits per heavy atom. The number of hydrogen-bond acceptors (Lipinski definition) is 8. The lowest BCUT2D eigenvalue weighted by molar-refractivity contribution is -0.145. The van der Waals surface area contributed by atoms with Crippen molar-refractivity contribution in [3.63, 3.8) is 0 Å². The van der Waals surface area contributed by atoms with Crippen LogP contribution < -0.4 is 0 Å². The van der Waals surface area contributed by atoms with E-state index in [9.17, 15) is 19.8 Å². The second-order valence-corrected chi connectivity index (χ2v) is 12.7. The van der Waals surface area contributed by atoms with Crippen molar-refractivity contribution in [2.24, 2.45) is 0 Å². The first kappa shape index (κ1) is 37.9. The highest BCUT2D eigenvalue weighted by atomic mass is 16.6. The van der Waals surface area contributed by atoms with Crippen LogP contribution in [-0.2, 0) is 47.5 Å². The third-order valence-corrected chi connectivity index (χ3v) is 6.68. The Morgan fingerprint density at radius 1 is 0.674 bits per heavy atom. The van der Waals surface area contributed by atoms with Crippen LogP contribution in [0.2, 0.25) is 0 Å². The fraction of sp³-hybridized carbons (Fsp3) is 0.588. The molecule has 0 heterocycles.